The van der Waals surface area contributed by atoms with E-state index in [1.807, 2.05) is 60.0 Å². The van der Waals surface area contributed by atoms with Crippen LogP contribution in [0.2, 0.25) is 0 Å². The van der Waals surface area contributed by atoms with Crippen LogP contribution < -0.4 is 4.90 Å². The predicted octanol–water partition coefficient (Wildman–Crippen LogP) is 7.56. The molecule has 0 amide bonds. The van der Waals surface area contributed by atoms with Crippen LogP contribution in [0, 0.1) is 18.3 Å². The SMILES string of the molecule is Cc1ncc(-c2ccc(C=CC(C)C)nc2)c(N2CCC(C)(C)CC2)c1[C@H](OC(C)(C)C)C(=O)OC(C)C. The summed E-state index contributed by atoms with van der Waals surface area (Å²) < 4.78 is 12.2. The van der Waals surface area contributed by atoms with E-state index in [0.717, 1.165) is 59.7 Å². The predicted molar refractivity (Wildman–Crippen MR) is 156 cm³/mol. The number of hydrogen-bond acceptors (Lipinski definition) is 6. The van der Waals surface area contributed by atoms with E-state index in [-0.39, 0.29) is 17.5 Å². The minimum Gasteiger partial charge on any atom is -0.461 e. The van der Waals surface area contributed by atoms with Gasteiger partial charge in [-0.3, -0.25) is 9.97 Å². The molecule has 6 heteroatoms. The van der Waals surface area contributed by atoms with Gasteiger partial charge < -0.3 is 14.4 Å². The molecular weight excluding hydrogens is 474 g/mol. The number of carbonyl (C=O) groups is 1. The first-order valence-electron chi connectivity index (χ1n) is 13.9. The zero-order chi connectivity index (χ0) is 28.3. The van der Waals surface area contributed by atoms with Crippen LogP contribution in [0.1, 0.15) is 98.2 Å². The van der Waals surface area contributed by atoms with Crippen molar-refractivity contribution in [1.29, 1.82) is 0 Å². The third kappa shape index (κ3) is 7.89. The summed E-state index contributed by atoms with van der Waals surface area (Å²) in [7, 11) is 0. The molecule has 0 saturated carbocycles. The second-order valence-electron chi connectivity index (χ2n) is 12.8. The molecule has 208 valence electrons. The maximum absolute atomic E-state index is 13.5. The Morgan fingerprint density at radius 1 is 1.05 bits per heavy atom. The zero-order valence-electron chi connectivity index (χ0n) is 25.1. The van der Waals surface area contributed by atoms with Crippen LogP contribution in [0.5, 0.6) is 0 Å². The number of esters is 1. The molecule has 3 rings (SSSR count). The first kappa shape index (κ1) is 29.8. The van der Waals surface area contributed by atoms with Crippen LogP contribution in [0.3, 0.4) is 0 Å². The third-order valence-electron chi connectivity index (χ3n) is 6.77. The number of rotatable bonds is 8. The summed E-state index contributed by atoms with van der Waals surface area (Å²) >= 11 is 0. The van der Waals surface area contributed by atoms with Crippen molar-refractivity contribution in [1.82, 2.24) is 9.97 Å². The molecule has 0 aromatic carbocycles. The van der Waals surface area contributed by atoms with Gasteiger partial charge in [-0.1, -0.05) is 39.8 Å². The lowest BCUT2D eigenvalue weighted by molar-refractivity contribution is -0.171. The van der Waals surface area contributed by atoms with Gasteiger partial charge in [-0.25, -0.2) is 4.79 Å². The molecular formula is C32H47N3O3. The van der Waals surface area contributed by atoms with Crippen LogP contribution in [0.15, 0.2) is 30.6 Å². The number of piperidine rings is 1. The number of aryl methyl sites for hydroxylation is 1. The average molecular weight is 522 g/mol. The van der Waals surface area contributed by atoms with Crippen molar-refractivity contribution in [3.05, 3.63) is 47.6 Å². The summed E-state index contributed by atoms with van der Waals surface area (Å²) in [6.45, 7) is 22.3. The van der Waals surface area contributed by atoms with Crippen molar-refractivity contribution in [2.75, 3.05) is 18.0 Å². The monoisotopic (exact) mass is 521 g/mol. The minimum absolute atomic E-state index is 0.250. The Hall–Kier alpha value is -2.73. The number of nitrogens with zero attached hydrogens (tertiary/aromatic N) is 3. The quantitative estimate of drug-likeness (QED) is 0.334. The van der Waals surface area contributed by atoms with Gasteiger partial charge >= 0.3 is 5.97 Å². The number of anilines is 1. The van der Waals surface area contributed by atoms with Crippen molar-refractivity contribution >= 4 is 17.7 Å². The Kier molecular flexibility index (Phi) is 9.40. The van der Waals surface area contributed by atoms with Crippen molar-refractivity contribution in [2.45, 2.75) is 99.9 Å². The van der Waals surface area contributed by atoms with E-state index < -0.39 is 11.7 Å². The van der Waals surface area contributed by atoms with E-state index in [4.69, 9.17) is 19.4 Å². The molecule has 1 aliphatic heterocycles. The molecule has 0 bridgehead atoms. The number of hydrogen-bond donors (Lipinski definition) is 0. The molecule has 2 aromatic rings. The Balaban J connectivity index is 2.20. The Bertz CT molecular complexity index is 1120. The number of ether oxygens (including phenoxy) is 2. The maximum Gasteiger partial charge on any atom is 0.340 e. The van der Waals surface area contributed by atoms with E-state index in [1.54, 1.807) is 0 Å². The average Bonchev–Trinajstić information content (AvgIpc) is 2.81. The van der Waals surface area contributed by atoms with Gasteiger partial charge in [-0.15, -0.1) is 0 Å². The van der Waals surface area contributed by atoms with Gasteiger partial charge in [-0.05, 0) is 77.9 Å². The van der Waals surface area contributed by atoms with Crippen LogP contribution in [0.25, 0.3) is 17.2 Å². The zero-order valence-corrected chi connectivity index (χ0v) is 25.1. The summed E-state index contributed by atoms with van der Waals surface area (Å²) in [5.74, 6) is 0.0727. The van der Waals surface area contributed by atoms with E-state index in [9.17, 15) is 4.79 Å². The Morgan fingerprint density at radius 2 is 1.71 bits per heavy atom. The standard InChI is InChI=1S/C32H47N3O3/c1-21(2)11-13-25-14-12-24(19-34-25)26-20-33-23(5)27(28(26)35-17-15-32(9,10)16-18-35)29(38-31(6,7)8)30(36)37-22(3)4/h11-14,19-22,29H,15-18H2,1-10H3/t29-/m0/s1. The number of carbonyl (C=O) groups excluding carboxylic acids is 1. The molecule has 0 radical (unpaired) electrons. The van der Waals surface area contributed by atoms with Crippen molar-refractivity contribution in [3.8, 4) is 11.1 Å². The number of allylic oxidation sites excluding steroid dienone is 1. The van der Waals surface area contributed by atoms with Crippen molar-refractivity contribution in [3.63, 3.8) is 0 Å². The smallest absolute Gasteiger partial charge is 0.340 e. The molecule has 2 aromatic heterocycles. The molecule has 38 heavy (non-hydrogen) atoms. The summed E-state index contributed by atoms with van der Waals surface area (Å²) in [6.07, 6.45) is 8.99. The molecule has 0 aliphatic carbocycles. The second kappa shape index (κ2) is 12.0. The first-order chi connectivity index (χ1) is 17.7. The topological polar surface area (TPSA) is 64.5 Å². The maximum atomic E-state index is 13.5. The fourth-order valence-corrected chi connectivity index (χ4v) is 4.64. The number of pyridine rings is 2. The highest BCUT2D eigenvalue weighted by Gasteiger charge is 2.37. The summed E-state index contributed by atoms with van der Waals surface area (Å²) in [5, 5.41) is 0. The molecule has 1 atom stereocenters. The van der Waals surface area contributed by atoms with Crippen LogP contribution in [0.4, 0.5) is 5.69 Å². The van der Waals surface area contributed by atoms with Crippen LogP contribution in [-0.2, 0) is 14.3 Å². The molecule has 0 N–H and O–H groups in total. The Labute approximate surface area is 229 Å². The lowest BCUT2D eigenvalue weighted by Gasteiger charge is -2.41. The van der Waals surface area contributed by atoms with Gasteiger partial charge in [0.1, 0.15) is 0 Å². The molecule has 6 nitrogen and oxygen atoms in total. The van der Waals surface area contributed by atoms with E-state index >= 15 is 0 Å². The van der Waals surface area contributed by atoms with E-state index in [0.29, 0.717) is 5.92 Å². The fraction of sp³-hybridized carbons (Fsp3) is 0.594. The lowest BCUT2D eigenvalue weighted by Crippen LogP contribution is -2.39. The minimum atomic E-state index is -0.893. The van der Waals surface area contributed by atoms with Gasteiger partial charge in [0.05, 0.1) is 23.1 Å². The highest BCUT2D eigenvalue weighted by Crippen LogP contribution is 2.43. The van der Waals surface area contributed by atoms with Crippen LogP contribution >= 0.6 is 0 Å². The van der Waals surface area contributed by atoms with Crippen molar-refractivity contribution < 1.29 is 14.3 Å². The fourth-order valence-electron chi connectivity index (χ4n) is 4.64. The molecule has 0 spiro atoms. The van der Waals surface area contributed by atoms with Gasteiger partial charge in [0, 0.05) is 47.9 Å². The highest BCUT2D eigenvalue weighted by atomic mass is 16.6. The largest absolute Gasteiger partial charge is 0.461 e. The first-order valence-corrected chi connectivity index (χ1v) is 13.9. The van der Waals surface area contributed by atoms with Crippen molar-refractivity contribution in [2.24, 2.45) is 11.3 Å². The van der Waals surface area contributed by atoms with Gasteiger partial charge in [0.15, 0.2) is 6.10 Å². The number of aromatic nitrogens is 2. The Morgan fingerprint density at radius 3 is 2.24 bits per heavy atom. The van der Waals surface area contributed by atoms with Gasteiger partial charge in [0.25, 0.3) is 0 Å². The van der Waals surface area contributed by atoms with Crippen LogP contribution in [-0.4, -0.2) is 40.7 Å². The third-order valence-corrected chi connectivity index (χ3v) is 6.77. The van der Waals surface area contributed by atoms with E-state index in [2.05, 4.69) is 50.8 Å². The lowest BCUT2D eigenvalue weighted by atomic mass is 9.82. The van der Waals surface area contributed by atoms with Gasteiger partial charge in [-0.2, -0.15) is 0 Å². The molecule has 3 heterocycles. The summed E-state index contributed by atoms with van der Waals surface area (Å²) in [5.41, 5.74) is 5.11. The highest BCUT2D eigenvalue weighted by molar-refractivity contribution is 5.87. The van der Waals surface area contributed by atoms with E-state index in [1.165, 1.54) is 0 Å². The molecule has 1 aliphatic rings. The normalized spacial score (nSPS) is 16.9. The molecule has 1 saturated heterocycles. The second-order valence-corrected chi connectivity index (χ2v) is 12.8. The summed E-state index contributed by atoms with van der Waals surface area (Å²) in [6, 6.07) is 4.12. The van der Waals surface area contributed by atoms with Gasteiger partial charge in [0.2, 0.25) is 0 Å². The summed E-state index contributed by atoms with van der Waals surface area (Å²) in [4.78, 5) is 25.4. The molecule has 0 unspecified atom stereocenters. The molecule has 1 fully saturated rings.